The number of ether oxygens (including phenoxy) is 1. The van der Waals surface area contributed by atoms with E-state index in [9.17, 15) is 9.90 Å². The molecule has 5 nitrogen and oxygen atoms in total. The summed E-state index contributed by atoms with van der Waals surface area (Å²) in [6.07, 6.45) is 0.715. The molecule has 3 N–H and O–H groups in total. The summed E-state index contributed by atoms with van der Waals surface area (Å²) in [5.74, 6) is 1.01. The Morgan fingerprint density at radius 1 is 1.09 bits per heavy atom. The molecule has 0 saturated heterocycles. The van der Waals surface area contributed by atoms with Crippen LogP contribution in [0.2, 0.25) is 0 Å². The highest BCUT2D eigenvalue weighted by Crippen LogP contribution is 2.12. The third kappa shape index (κ3) is 5.01. The van der Waals surface area contributed by atoms with E-state index in [1.165, 1.54) is 0 Å². The number of methoxy groups -OCH3 is 1. The first kappa shape index (κ1) is 15.7. The second-order valence-electron chi connectivity index (χ2n) is 4.88. The number of hydrogen-bond donors (Lipinski definition) is 3. The van der Waals surface area contributed by atoms with E-state index >= 15 is 0 Å². The van der Waals surface area contributed by atoms with Gasteiger partial charge in [-0.15, -0.1) is 0 Å². The molecule has 0 saturated carbocycles. The molecule has 5 heteroatoms. The minimum atomic E-state index is -0.207. The molecule has 2 aromatic carbocycles. The molecule has 0 aliphatic heterocycles. The Morgan fingerprint density at radius 3 is 2.59 bits per heavy atom. The van der Waals surface area contributed by atoms with Crippen molar-refractivity contribution in [2.24, 2.45) is 0 Å². The van der Waals surface area contributed by atoms with Crippen molar-refractivity contribution in [1.82, 2.24) is 10.6 Å². The second kappa shape index (κ2) is 7.93. The van der Waals surface area contributed by atoms with Crippen molar-refractivity contribution in [2.75, 3.05) is 13.7 Å². The number of nitrogens with one attached hydrogen (secondary N) is 2. The molecule has 0 fully saturated rings. The molecule has 22 heavy (non-hydrogen) atoms. The molecule has 0 aliphatic carbocycles. The van der Waals surface area contributed by atoms with Gasteiger partial charge in [-0.1, -0.05) is 24.3 Å². The molecule has 0 atom stereocenters. The largest absolute Gasteiger partial charge is 0.508 e. The van der Waals surface area contributed by atoms with Crippen molar-refractivity contribution in [3.63, 3.8) is 0 Å². The van der Waals surface area contributed by atoms with Crippen molar-refractivity contribution in [3.05, 3.63) is 59.7 Å². The normalized spacial score (nSPS) is 10.0. The van der Waals surface area contributed by atoms with Gasteiger partial charge in [-0.25, -0.2) is 4.79 Å². The highest BCUT2D eigenvalue weighted by Gasteiger charge is 2.01. The van der Waals surface area contributed by atoms with Gasteiger partial charge in [-0.05, 0) is 41.8 Å². The van der Waals surface area contributed by atoms with Gasteiger partial charge in [-0.3, -0.25) is 0 Å². The van der Waals surface area contributed by atoms with Gasteiger partial charge < -0.3 is 20.5 Å². The number of rotatable bonds is 6. The molecule has 0 aliphatic rings. The maximum atomic E-state index is 11.7. The molecule has 0 aromatic heterocycles. The first-order valence-corrected chi connectivity index (χ1v) is 7.10. The predicted octanol–water partition coefficient (Wildman–Crippen LogP) is 2.44. The quantitative estimate of drug-likeness (QED) is 0.767. The van der Waals surface area contributed by atoms with E-state index in [0.29, 0.717) is 19.5 Å². The zero-order chi connectivity index (χ0) is 15.8. The number of carbonyl (C=O) groups is 1. The first-order chi connectivity index (χ1) is 10.7. The lowest BCUT2D eigenvalue weighted by atomic mass is 10.1. The molecule has 0 spiro atoms. The fraction of sp³-hybridized carbons (Fsp3) is 0.235. The number of benzene rings is 2. The van der Waals surface area contributed by atoms with Crippen LogP contribution in [0.4, 0.5) is 4.79 Å². The summed E-state index contributed by atoms with van der Waals surface area (Å²) < 4.78 is 5.14. The summed E-state index contributed by atoms with van der Waals surface area (Å²) in [7, 11) is 1.61. The van der Waals surface area contributed by atoms with E-state index < -0.39 is 0 Å². The van der Waals surface area contributed by atoms with Gasteiger partial charge in [-0.2, -0.15) is 0 Å². The van der Waals surface area contributed by atoms with Crippen LogP contribution in [0, 0.1) is 0 Å². The summed E-state index contributed by atoms with van der Waals surface area (Å²) >= 11 is 0. The van der Waals surface area contributed by atoms with E-state index in [0.717, 1.165) is 16.9 Å². The average Bonchev–Trinajstić information content (AvgIpc) is 2.55. The Kier molecular flexibility index (Phi) is 5.65. The van der Waals surface area contributed by atoms with E-state index in [4.69, 9.17) is 4.74 Å². The minimum Gasteiger partial charge on any atom is -0.508 e. The summed E-state index contributed by atoms with van der Waals surface area (Å²) in [4.78, 5) is 11.7. The fourth-order valence-electron chi connectivity index (χ4n) is 2.01. The number of aromatic hydroxyl groups is 1. The lowest BCUT2D eigenvalue weighted by Gasteiger charge is -2.09. The Morgan fingerprint density at radius 2 is 1.86 bits per heavy atom. The van der Waals surface area contributed by atoms with Crippen LogP contribution < -0.4 is 15.4 Å². The number of phenols is 1. The Labute approximate surface area is 129 Å². The number of urea groups is 1. The topological polar surface area (TPSA) is 70.6 Å². The molecule has 2 aromatic rings. The molecule has 2 amide bonds. The van der Waals surface area contributed by atoms with Crippen molar-refractivity contribution >= 4 is 6.03 Å². The van der Waals surface area contributed by atoms with Gasteiger partial charge in [0.25, 0.3) is 0 Å². The van der Waals surface area contributed by atoms with Gasteiger partial charge >= 0.3 is 6.03 Å². The minimum absolute atomic E-state index is 0.207. The predicted molar refractivity (Wildman–Crippen MR) is 85.0 cm³/mol. The van der Waals surface area contributed by atoms with E-state index in [2.05, 4.69) is 10.6 Å². The van der Waals surface area contributed by atoms with Crippen LogP contribution in [-0.2, 0) is 13.0 Å². The van der Waals surface area contributed by atoms with Gasteiger partial charge in [0, 0.05) is 13.1 Å². The van der Waals surface area contributed by atoms with Crippen LogP contribution in [0.1, 0.15) is 11.1 Å². The monoisotopic (exact) mass is 300 g/mol. The number of hydrogen-bond acceptors (Lipinski definition) is 3. The zero-order valence-electron chi connectivity index (χ0n) is 12.5. The van der Waals surface area contributed by atoms with Crippen LogP contribution in [0.3, 0.4) is 0 Å². The van der Waals surface area contributed by atoms with Gasteiger partial charge in [0.2, 0.25) is 0 Å². The summed E-state index contributed by atoms with van der Waals surface area (Å²) in [6.45, 7) is 0.983. The second-order valence-corrected chi connectivity index (χ2v) is 4.88. The van der Waals surface area contributed by atoms with Crippen LogP contribution in [0.15, 0.2) is 48.5 Å². The standard InChI is InChI=1S/C17H20N2O3/c1-22-16-4-2-3-14(11-16)12-19-17(21)18-10-9-13-5-7-15(20)8-6-13/h2-8,11,20H,9-10,12H2,1H3,(H2,18,19,21). The van der Waals surface area contributed by atoms with E-state index in [1.807, 2.05) is 36.4 Å². The van der Waals surface area contributed by atoms with Gasteiger partial charge in [0.05, 0.1) is 7.11 Å². The molecule has 2 rings (SSSR count). The number of carbonyl (C=O) groups excluding carboxylic acids is 1. The van der Waals surface area contributed by atoms with Crippen molar-refractivity contribution in [3.8, 4) is 11.5 Å². The van der Waals surface area contributed by atoms with Crippen molar-refractivity contribution in [1.29, 1.82) is 0 Å². The molecular formula is C17H20N2O3. The van der Waals surface area contributed by atoms with E-state index in [1.54, 1.807) is 19.2 Å². The molecule has 0 radical (unpaired) electrons. The number of amides is 2. The Balaban J connectivity index is 1.70. The zero-order valence-corrected chi connectivity index (χ0v) is 12.5. The molecule has 0 unspecified atom stereocenters. The molecular weight excluding hydrogens is 280 g/mol. The Bertz CT molecular complexity index is 612. The lowest BCUT2D eigenvalue weighted by molar-refractivity contribution is 0.240. The average molecular weight is 300 g/mol. The Hall–Kier alpha value is -2.69. The smallest absolute Gasteiger partial charge is 0.315 e. The van der Waals surface area contributed by atoms with Gasteiger partial charge in [0.15, 0.2) is 0 Å². The lowest BCUT2D eigenvalue weighted by Crippen LogP contribution is -2.36. The summed E-state index contributed by atoms with van der Waals surface area (Å²) in [6, 6.07) is 14.3. The maximum Gasteiger partial charge on any atom is 0.315 e. The third-order valence-electron chi connectivity index (χ3n) is 3.22. The van der Waals surface area contributed by atoms with Crippen LogP contribution >= 0.6 is 0 Å². The number of phenolic OH excluding ortho intramolecular Hbond substituents is 1. The highest BCUT2D eigenvalue weighted by atomic mass is 16.5. The van der Waals surface area contributed by atoms with Gasteiger partial charge in [0.1, 0.15) is 11.5 Å². The highest BCUT2D eigenvalue weighted by molar-refractivity contribution is 5.73. The molecule has 0 heterocycles. The molecule has 116 valence electrons. The van der Waals surface area contributed by atoms with Crippen molar-refractivity contribution < 1.29 is 14.6 Å². The summed E-state index contributed by atoms with van der Waals surface area (Å²) in [5, 5.41) is 14.8. The summed E-state index contributed by atoms with van der Waals surface area (Å²) in [5.41, 5.74) is 2.04. The SMILES string of the molecule is COc1cccc(CNC(=O)NCCc2ccc(O)cc2)c1. The maximum absolute atomic E-state index is 11.7. The van der Waals surface area contributed by atoms with E-state index in [-0.39, 0.29) is 11.8 Å². The van der Waals surface area contributed by atoms with Crippen LogP contribution in [0.5, 0.6) is 11.5 Å². The molecule has 0 bridgehead atoms. The third-order valence-corrected chi connectivity index (χ3v) is 3.22. The van der Waals surface area contributed by atoms with Crippen LogP contribution in [-0.4, -0.2) is 24.8 Å². The van der Waals surface area contributed by atoms with Crippen molar-refractivity contribution in [2.45, 2.75) is 13.0 Å². The first-order valence-electron chi connectivity index (χ1n) is 7.10. The fourth-order valence-corrected chi connectivity index (χ4v) is 2.01. The van der Waals surface area contributed by atoms with Crippen LogP contribution in [0.25, 0.3) is 0 Å².